The van der Waals surface area contributed by atoms with Gasteiger partial charge in [-0.15, -0.1) is 0 Å². The summed E-state index contributed by atoms with van der Waals surface area (Å²) in [5, 5.41) is 7.26. The van der Waals surface area contributed by atoms with Crippen LogP contribution in [0.25, 0.3) is 11.1 Å². The maximum Gasteiger partial charge on any atom is 0.153 e. The van der Waals surface area contributed by atoms with Crippen LogP contribution in [0.4, 0.5) is 5.82 Å². The quantitative estimate of drug-likeness (QED) is 0.763. The summed E-state index contributed by atoms with van der Waals surface area (Å²) in [6.45, 7) is 2.12. The van der Waals surface area contributed by atoms with Gasteiger partial charge in [-0.05, 0) is 30.9 Å². The minimum absolute atomic E-state index is 0.570. The Morgan fingerprint density at radius 2 is 1.81 bits per heavy atom. The highest BCUT2D eigenvalue weighted by Gasteiger charge is 2.12. The molecule has 3 heteroatoms. The lowest BCUT2D eigenvalue weighted by Gasteiger charge is -2.05. The van der Waals surface area contributed by atoms with Gasteiger partial charge < -0.3 is 5.73 Å². The lowest BCUT2D eigenvalue weighted by atomic mass is 10.0. The fourth-order valence-corrected chi connectivity index (χ4v) is 2.64. The van der Waals surface area contributed by atoms with E-state index in [-0.39, 0.29) is 0 Å². The Bertz CT molecular complexity index is 729. The number of aryl methyl sites for hydroxylation is 3. The van der Waals surface area contributed by atoms with Gasteiger partial charge in [0.05, 0.1) is 0 Å². The maximum atomic E-state index is 6.02. The third kappa shape index (κ3) is 2.97. The molecule has 106 valence electrons. The summed E-state index contributed by atoms with van der Waals surface area (Å²) in [4.78, 5) is 0. The molecule has 0 spiro atoms. The number of anilines is 1. The van der Waals surface area contributed by atoms with E-state index in [4.69, 9.17) is 5.73 Å². The van der Waals surface area contributed by atoms with Crippen LogP contribution in [0.15, 0.2) is 54.6 Å². The molecular formula is C18H19N3. The summed E-state index contributed by atoms with van der Waals surface area (Å²) in [5.74, 6) is 0.570. The lowest BCUT2D eigenvalue weighted by Crippen LogP contribution is -1.95. The fraction of sp³-hybridized carbons (Fsp3) is 0.167. The van der Waals surface area contributed by atoms with E-state index >= 15 is 0 Å². The summed E-state index contributed by atoms with van der Waals surface area (Å²) < 4.78 is 0. The van der Waals surface area contributed by atoms with Crippen LogP contribution in [0, 0.1) is 6.92 Å². The summed E-state index contributed by atoms with van der Waals surface area (Å²) >= 11 is 0. The molecule has 0 atom stereocenters. The number of nitrogens with zero attached hydrogens (tertiary/aromatic N) is 1. The zero-order valence-electron chi connectivity index (χ0n) is 12.1. The van der Waals surface area contributed by atoms with Crippen LogP contribution in [0.1, 0.15) is 16.8 Å². The van der Waals surface area contributed by atoms with Crippen LogP contribution in [-0.4, -0.2) is 10.2 Å². The number of benzene rings is 2. The second-order valence-electron chi connectivity index (χ2n) is 5.32. The molecule has 1 aromatic heterocycles. The van der Waals surface area contributed by atoms with Crippen molar-refractivity contribution in [2.24, 2.45) is 0 Å². The van der Waals surface area contributed by atoms with Gasteiger partial charge >= 0.3 is 0 Å². The molecule has 0 amide bonds. The van der Waals surface area contributed by atoms with Gasteiger partial charge in [0.2, 0.25) is 0 Å². The Hall–Kier alpha value is -2.55. The third-order valence-corrected chi connectivity index (χ3v) is 3.68. The monoisotopic (exact) mass is 277 g/mol. The number of H-pyrrole nitrogens is 1. The van der Waals surface area contributed by atoms with Crippen LogP contribution in [0.2, 0.25) is 0 Å². The number of aromatic amines is 1. The van der Waals surface area contributed by atoms with Gasteiger partial charge in [0.1, 0.15) is 0 Å². The zero-order valence-corrected chi connectivity index (χ0v) is 12.1. The van der Waals surface area contributed by atoms with Gasteiger partial charge in [0.25, 0.3) is 0 Å². The molecule has 3 N–H and O–H groups in total. The molecule has 0 radical (unpaired) electrons. The largest absolute Gasteiger partial charge is 0.382 e. The van der Waals surface area contributed by atoms with Gasteiger partial charge in [0, 0.05) is 11.3 Å². The molecule has 0 bridgehead atoms. The van der Waals surface area contributed by atoms with Crippen molar-refractivity contribution >= 4 is 5.82 Å². The van der Waals surface area contributed by atoms with Crippen molar-refractivity contribution in [3.8, 4) is 11.1 Å². The lowest BCUT2D eigenvalue weighted by molar-refractivity contribution is 0.894. The van der Waals surface area contributed by atoms with Gasteiger partial charge in [-0.1, -0.05) is 60.2 Å². The number of aromatic nitrogens is 2. The van der Waals surface area contributed by atoms with Crippen LogP contribution in [-0.2, 0) is 12.8 Å². The summed E-state index contributed by atoms with van der Waals surface area (Å²) in [7, 11) is 0. The van der Waals surface area contributed by atoms with E-state index in [1.807, 2.05) is 18.2 Å². The minimum atomic E-state index is 0.570. The Morgan fingerprint density at radius 3 is 2.57 bits per heavy atom. The number of nitrogens with one attached hydrogen (secondary N) is 1. The van der Waals surface area contributed by atoms with Crippen molar-refractivity contribution in [1.29, 1.82) is 0 Å². The van der Waals surface area contributed by atoms with Crippen molar-refractivity contribution in [2.75, 3.05) is 5.73 Å². The molecule has 0 aliphatic rings. The maximum absolute atomic E-state index is 6.02. The van der Waals surface area contributed by atoms with Crippen molar-refractivity contribution in [3.05, 3.63) is 71.4 Å². The Kier molecular flexibility index (Phi) is 3.73. The number of hydrogen-bond donors (Lipinski definition) is 2. The number of nitrogens with two attached hydrogens (primary N) is 1. The van der Waals surface area contributed by atoms with Crippen LogP contribution >= 0.6 is 0 Å². The van der Waals surface area contributed by atoms with Crippen molar-refractivity contribution in [3.63, 3.8) is 0 Å². The molecule has 3 rings (SSSR count). The predicted molar refractivity (Wildman–Crippen MR) is 87.0 cm³/mol. The van der Waals surface area contributed by atoms with E-state index in [1.165, 1.54) is 11.1 Å². The number of hydrogen-bond acceptors (Lipinski definition) is 2. The van der Waals surface area contributed by atoms with Crippen molar-refractivity contribution in [1.82, 2.24) is 10.2 Å². The molecule has 2 aromatic carbocycles. The molecule has 21 heavy (non-hydrogen) atoms. The second kappa shape index (κ2) is 5.83. The number of rotatable bonds is 4. The zero-order chi connectivity index (χ0) is 14.7. The predicted octanol–water partition coefficient (Wildman–Crippen LogP) is 3.75. The van der Waals surface area contributed by atoms with Gasteiger partial charge in [0.15, 0.2) is 5.82 Å². The number of nitrogen functional groups attached to an aromatic ring is 1. The first-order valence-electron chi connectivity index (χ1n) is 7.18. The summed E-state index contributed by atoms with van der Waals surface area (Å²) in [6, 6.07) is 18.8. The summed E-state index contributed by atoms with van der Waals surface area (Å²) in [6.07, 6.45) is 1.88. The molecular weight excluding hydrogens is 258 g/mol. The SMILES string of the molecule is Cc1cccc(CCc2[nH]nc(N)c2-c2ccccc2)c1. The van der Waals surface area contributed by atoms with E-state index < -0.39 is 0 Å². The van der Waals surface area contributed by atoms with E-state index in [9.17, 15) is 0 Å². The van der Waals surface area contributed by atoms with Gasteiger partial charge in [-0.2, -0.15) is 5.10 Å². The first kappa shape index (κ1) is 13.4. The molecule has 3 nitrogen and oxygen atoms in total. The molecule has 0 saturated carbocycles. The topological polar surface area (TPSA) is 54.7 Å². The molecule has 0 saturated heterocycles. The Labute approximate surface area is 124 Å². The standard InChI is InChI=1S/C18H19N3/c1-13-6-5-7-14(12-13)10-11-16-17(18(19)21-20-16)15-8-3-2-4-9-15/h2-9,12H,10-11H2,1H3,(H3,19,20,21). The van der Waals surface area contributed by atoms with Crippen LogP contribution < -0.4 is 5.73 Å². The normalized spacial score (nSPS) is 10.7. The summed E-state index contributed by atoms with van der Waals surface area (Å²) in [5.41, 5.74) is 11.9. The first-order chi connectivity index (χ1) is 10.2. The van der Waals surface area contributed by atoms with Crippen LogP contribution in [0.3, 0.4) is 0 Å². The van der Waals surface area contributed by atoms with Crippen LogP contribution in [0.5, 0.6) is 0 Å². The highest BCUT2D eigenvalue weighted by Crippen LogP contribution is 2.28. The average Bonchev–Trinajstić information content (AvgIpc) is 2.87. The fourth-order valence-electron chi connectivity index (χ4n) is 2.64. The van der Waals surface area contributed by atoms with Gasteiger partial charge in [-0.25, -0.2) is 0 Å². The first-order valence-corrected chi connectivity index (χ1v) is 7.18. The highest BCUT2D eigenvalue weighted by molar-refractivity contribution is 5.76. The molecule has 3 aromatic rings. The Balaban J connectivity index is 1.84. The van der Waals surface area contributed by atoms with Crippen molar-refractivity contribution < 1.29 is 0 Å². The highest BCUT2D eigenvalue weighted by atomic mass is 15.2. The minimum Gasteiger partial charge on any atom is -0.382 e. The van der Waals surface area contributed by atoms with Gasteiger partial charge in [-0.3, -0.25) is 5.10 Å². The van der Waals surface area contributed by atoms with E-state index in [0.29, 0.717) is 5.82 Å². The van der Waals surface area contributed by atoms with E-state index in [2.05, 4.69) is 53.5 Å². The molecule has 0 aliphatic heterocycles. The third-order valence-electron chi connectivity index (χ3n) is 3.68. The molecule has 0 aliphatic carbocycles. The second-order valence-corrected chi connectivity index (χ2v) is 5.32. The van der Waals surface area contributed by atoms with Crippen molar-refractivity contribution in [2.45, 2.75) is 19.8 Å². The Morgan fingerprint density at radius 1 is 1.00 bits per heavy atom. The smallest absolute Gasteiger partial charge is 0.153 e. The molecule has 1 heterocycles. The average molecular weight is 277 g/mol. The molecule has 0 fully saturated rings. The molecule has 0 unspecified atom stereocenters. The van der Waals surface area contributed by atoms with E-state index in [1.54, 1.807) is 0 Å². The van der Waals surface area contributed by atoms with E-state index in [0.717, 1.165) is 29.7 Å².